The van der Waals surface area contributed by atoms with Crippen molar-refractivity contribution in [1.82, 2.24) is 4.90 Å². The van der Waals surface area contributed by atoms with Gasteiger partial charge in [0.1, 0.15) is 16.5 Å². The van der Waals surface area contributed by atoms with E-state index in [9.17, 15) is 26.8 Å². The van der Waals surface area contributed by atoms with Gasteiger partial charge in [-0.2, -0.15) is 0 Å². The fourth-order valence-electron chi connectivity index (χ4n) is 5.68. The summed E-state index contributed by atoms with van der Waals surface area (Å²) in [6.07, 6.45) is 2.82. The van der Waals surface area contributed by atoms with Crippen LogP contribution in [0.25, 0.3) is 0 Å². The maximum absolute atomic E-state index is 14.0. The van der Waals surface area contributed by atoms with E-state index < -0.39 is 39.1 Å². The zero-order valence-corrected chi connectivity index (χ0v) is 20.6. The third-order valence-electron chi connectivity index (χ3n) is 6.64. The lowest BCUT2D eigenvalue weighted by atomic mass is 9.65. The number of carbonyl (C=O) groups is 2. The number of anilines is 1. The first-order valence-electron chi connectivity index (χ1n) is 11.3. The molecule has 4 rings (SSSR count). The summed E-state index contributed by atoms with van der Waals surface area (Å²) in [6, 6.07) is 7.78. The monoisotopic (exact) mass is 506 g/mol. The van der Waals surface area contributed by atoms with E-state index in [1.165, 1.54) is 24.3 Å². The van der Waals surface area contributed by atoms with Gasteiger partial charge in [0.15, 0.2) is 6.61 Å². The van der Waals surface area contributed by atoms with E-state index in [0.29, 0.717) is 12.6 Å². The number of hydrogen-bond acceptors (Lipinski definition) is 5. The van der Waals surface area contributed by atoms with Crippen molar-refractivity contribution in [3.63, 3.8) is 0 Å². The van der Waals surface area contributed by atoms with Gasteiger partial charge >= 0.3 is 5.97 Å². The molecule has 1 amide bonds. The SMILES string of the molecule is CC1(C)CC2CC(C)(CN2C(=O)COC(=O)c2ccccc2NS(=O)(=O)c2ccc(F)cc2F)C1. The van der Waals surface area contributed by atoms with Crippen molar-refractivity contribution in [3.05, 3.63) is 59.7 Å². The highest BCUT2D eigenvalue weighted by molar-refractivity contribution is 7.92. The lowest BCUT2D eigenvalue weighted by Crippen LogP contribution is -2.39. The maximum atomic E-state index is 14.0. The standard InChI is InChI=1S/C25H28F2N2O5S/c1-24(2)11-17-12-25(3,14-24)15-29(17)22(30)13-34-23(31)18-6-4-5-7-20(18)28-35(32,33)21-9-8-16(26)10-19(21)27/h4-10,17,28H,11-15H2,1-3H3. The Kier molecular flexibility index (Phi) is 6.37. The molecule has 2 aliphatic rings. The largest absolute Gasteiger partial charge is 0.452 e. The van der Waals surface area contributed by atoms with Gasteiger partial charge < -0.3 is 9.64 Å². The number of likely N-dealkylation sites (tertiary alicyclic amines) is 1. The van der Waals surface area contributed by atoms with Crippen LogP contribution >= 0.6 is 0 Å². The molecule has 2 unspecified atom stereocenters. The van der Waals surface area contributed by atoms with Crippen LogP contribution in [-0.4, -0.2) is 44.4 Å². The fourth-order valence-corrected chi connectivity index (χ4v) is 6.82. The average molecular weight is 507 g/mol. The van der Waals surface area contributed by atoms with Crippen LogP contribution in [0.5, 0.6) is 0 Å². The van der Waals surface area contributed by atoms with Crippen molar-refractivity contribution in [2.75, 3.05) is 17.9 Å². The molecule has 35 heavy (non-hydrogen) atoms. The van der Waals surface area contributed by atoms with Gasteiger partial charge in [-0.1, -0.05) is 32.9 Å². The molecule has 1 saturated heterocycles. The Morgan fingerprint density at radius 1 is 1.11 bits per heavy atom. The number of ether oxygens (including phenoxy) is 1. The fraction of sp³-hybridized carbons (Fsp3) is 0.440. The number of sulfonamides is 1. The molecule has 1 aliphatic carbocycles. The van der Waals surface area contributed by atoms with Crippen molar-refractivity contribution in [2.45, 2.75) is 51.0 Å². The number of nitrogens with one attached hydrogen (secondary N) is 1. The van der Waals surface area contributed by atoms with Gasteiger partial charge in [0.2, 0.25) is 0 Å². The second-order valence-corrected chi connectivity index (χ2v) is 12.2. The number of nitrogens with zero attached hydrogens (tertiary/aromatic N) is 1. The van der Waals surface area contributed by atoms with Gasteiger partial charge in [-0.25, -0.2) is 22.0 Å². The van der Waals surface area contributed by atoms with E-state index in [1.54, 1.807) is 4.90 Å². The van der Waals surface area contributed by atoms with Crippen LogP contribution < -0.4 is 4.72 Å². The second kappa shape index (κ2) is 8.89. The molecule has 188 valence electrons. The number of rotatable bonds is 6. The Labute approximate surface area is 203 Å². The van der Waals surface area contributed by atoms with Crippen LogP contribution in [0.15, 0.2) is 47.4 Å². The molecule has 2 bridgehead atoms. The summed E-state index contributed by atoms with van der Waals surface area (Å²) in [6.45, 7) is 6.70. The summed E-state index contributed by atoms with van der Waals surface area (Å²) in [4.78, 5) is 26.7. The molecule has 1 aliphatic heterocycles. The number of para-hydroxylation sites is 1. The lowest BCUT2D eigenvalue weighted by molar-refractivity contribution is -0.135. The predicted molar refractivity (Wildman–Crippen MR) is 125 cm³/mol. The van der Waals surface area contributed by atoms with Crippen molar-refractivity contribution in [3.8, 4) is 0 Å². The van der Waals surface area contributed by atoms with E-state index in [-0.39, 0.29) is 34.0 Å². The van der Waals surface area contributed by atoms with Crippen molar-refractivity contribution < 1.29 is 31.5 Å². The number of benzene rings is 2. The Morgan fingerprint density at radius 3 is 2.54 bits per heavy atom. The summed E-state index contributed by atoms with van der Waals surface area (Å²) in [5.74, 6) is -3.38. The first-order chi connectivity index (χ1) is 16.3. The number of carbonyl (C=O) groups excluding carboxylic acids is 2. The minimum atomic E-state index is -4.46. The highest BCUT2D eigenvalue weighted by Gasteiger charge is 2.51. The smallest absolute Gasteiger partial charge is 0.340 e. The minimum absolute atomic E-state index is 0.0343. The normalized spacial score (nSPS) is 23.1. The molecule has 2 atom stereocenters. The van der Waals surface area contributed by atoms with E-state index in [2.05, 4.69) is 25.5 Å². The molecule has 10 heteroatoms. The third kappa shape index (κ3) is 5.32. The average Bonchev–Trinajstić information content (AvgIpc) is 3.00. The summed E-state index contributed by atoms with van der Waals surface area (Å²) < 4.78 is 59.9. The van der Waals surface area contributed by atoms with E-state index in [0.717, 1.165) is 31.4 Å². The van der Waals surface area contributed by atoms with Crippen LogP contribution in [0.2, 0.25) is 0 Å². The molecular formula is C25H28F2N2O5S. The molecule has 0 aromatic heterocycles. The second-order valence-electron chi connectivity index (χ2n) is 10.5. The van der Waals surface area contributed by atoms with Crippen LogP contribution in [0.3, 0.4) is 0 Å². The molecule has 1 heterocycles. The lowest BCUT2D eigenvalue weighted by Gasteiger charge is -2.39. The highest BCUT2D eigenvalue weighted by Crippen LogP contribution is 2.52. The first kappa shape index (κ1) is 25.1. The van der Waals surface area contributed by atoms with Crippen molar-refractivity contribution in [2.24, 2.45) is 10.8 Å². The highest BCUT2D eigenvalue weighted by atomic mass is 32.2. The van der Waals surface area contributed by atoms with E-state index in [1.807, 2.05) is 0 Å². The molecule has 0 radical (unpaired) electrons. The zero-order chi connectivity index (χ0) is 25.6. The Bertz CT molecular complexity index is 1280. The maximum Gasteiger partial charge on any atom is 0.340 e. The molecule has 1 saturated carbocycles. The summed E-state index contributed by atoms with van der Waals surface area (Å²) in [5.41, 5.74) is -0.129. The van der Waals surface area contributed by atoms with Gasteiger partial charge in [0.05, 0.1) is 11.3 Å². The quantitative estimate of drug-likeness (QED) is 0.588. The topological polar surface area (TPSA) is 92.8 Å². The van der Waals surface area contributed by atoms with E-state index >= 15 is 0 Å². The summed E-state index contributed by atoms with van der Waals surface area (Å²) >= 11 is 0. The predicted octanol–water partition coefficient (Wildman–Crippen LogP) is 4.35. The van der Waals surface area contributed by atoms with Crippen LogP contribution in [-0.2, 0) is 19.6 Å². The molecule has 2 fully saturated rings. The summed E-state index contributed by atoms with van der Waals surface area (Å²) in [7, 11) is -4.46. The van der Waals surface area contributed by atoms with Crippen LogP contribution in [0.4, 0.5) is 14.5 Å². The van der Waals surface area contributed by atoms with Gasteiger partial charge in [0, 0.05) is 18.7 Å². The third-order valence-corrected chi connectivity index (χ3v) is 8.04. The molecular weight excluding hydrogens is 478 g/mol. The molecule has 2 aromatic carbocycles. The van der Waals surface area contributed by atoms with Gasteiger partial charge in [0.25, 0.3) is 15.9 Å². The Morgan fingerprint density at radius 2 is 1.83 bits per heavy atom. The number of esters is 1. The Balaban J connectivity index is 1.45. The number of fused-ring (bicyclic) bond motifs is 2. The van der Waals surface area contributed by atoms with Crippen LogP contribution in [0, 0.1) is 22.5 Å². The van der Waals surface area contributed by atoms with Gasteiger partial charge in [-0.05, 0) is 54.4 Å². The number of halogens is 2. The van der Waals surface area contributed by atoms with Crippen molar-refractivity contribution >= 4 is 27.6 Å². The number of amides is 1. The first-order valence-corrected chi connectivity index (χ1v) is 12.8. The number of hydrogen-bond donors (Lipinski definition) is 1. The molecule has 1 N–H and O–H groups in total. The minimum Gasteiger partial charge on any atom is -0.452 e. The van der Waals surface area contributed by atoms with Gasteiger partial charge in [-0.3, -0.25) is 9.52 Å². The summed E-state index contributed by atoms with van der Waals surface area (Å²) in [5, 5.41) is 0. The zero-order valence-electron chi connectivity index (χ0n) is 19.8. The Hall–Kier alpha value is -3.01. The van der Waals surface area contributed by atoms with Crippen LogP contribution in [0.1, 0.15) is 50.4 Å². The van der Waals surface area contributed by atoms with Gasteiger partial charge in [-0.15, -0.1) is 0 Å². The van der Waals surface area contributed by atoms with Crippen molar-refractivity contribution in [1.29, 1.82) is 0 Å². The molecule has 7 nitrogen and oxygen atoms in total. The van der Waals surface area contributed by atoms with E-state index in [4.69, 9.17) is 4.74 Å². The molecule has 0 spiro atoms. The molecule has 2 aromatic rings.